The Bertz CT molecular complexity index is 967. The van der Waals surface area contributed by atoms with Gasteiger partial charge in [-0.25, -0.2) is 14.6 Å². The zero-order valence-corrected chi connectivity index (χ0v) is 14.7. The molecule has 2 aromatic heterocycles. The Morgan fingerprint density at radius 3 is 2.52 bits per heavy atom. The molecule has 0 saturated heterocycles. The Labute approximate surface area is 145 Å². The summed E-state index contributed by atoms with van der Waals surface area (Å²) in [5.74, 6) is -0.514. The Balaban J connectivity index is 2.28. The number of esters is 1. The molecule has 6 nitrogen and oxygen atoms in total. The molecule has 0 amide bonds. The molecule has 130 valence electrons. The van der Waals surface area contributed by atoms with Gasteiger partial charge < -0.3 is 9.47 Å². The van der Waals surface area contributed by atoms with Gasteiger partial charge >= 0.3 is 12.1 Å². The van der Waals surface area contributed by atoms with Crippen molar-refractivity contribution in [1.82, 2.24) is 9.55 Å². The molecule has 2 heterocycles. The van der Waals surface area contributed by atoms with Crippen LogP contribution in [0.1, 0.15) is 38.2 Å². The molecule has 0 radical (unpaired) electrons. The van der Waals surface area contributed by atoms with Crippen LogP contribution in [0.4, 0.5) is 4.79 Å². The molecule has 1 aromatic carbocycles. The van der Waals surface area contributed by atoms with Crippen molar-refractivity contribution in [3.8, 4) is 0 Å². The zero-order chi connectivity index (χ0) is 18.2. The van der Waals surface area contributed by atoms with Crippen LogP contribution in [0.2, 0.25) is 0 Å². The molecule has 0 spiro atoms. The molecule has 0 fully saturated rings. The van der Waals surface area contributed by atoms with E-state index < -0.39 is 17.7 Å². The molecule has 0 aliphatic carbocycles. The minimum atomic E-state index is -0.625. The van der Waals surface area contributed by atoms with Crippen LogP contribution in [-0.2, 0) is 9.47 Å². The fourth-order valence-corrected chi connectivity index (χ4v) is 2.67. The average molecular weight is 340 g/mol. The average Bonchev–Trinajstić information content (AvgIpc) is 2.98. The molecule has 0 atom stereocenters. The summed E-state index contributed by atoms with van der Waals surface area (Å²) in [6, 6.07) is 9.03. The second-order valence-electron chi connectivity index (χ2n) is 6.63. The molecule has 0 N–H and O–H groups in total. The SMILES string of the molecule is CCOC(=O)c1nc2ccccc2c2c1ccn2C(=O)OC(C)(C)C. The summed E-state index contributed by atoms with van der Waals surface area (Å²) in [6.07, 6.45) is 1.09. The number of rotatable bonds is 2. The van der Waals surface area contributed by atoms with Gasteiger partial charge in [0.15, 0.2) is 5.69 Å². The summed E-state index contributed by atoms with van der Waals surface area (Å²) in [5, 5.41) is 1.32. The number of para-hydroxylation sites is 1. The lowest BCUT2D eigenvalue weighted by Crippen LogP contribution is -2.26. The van der Waals surface area contributed by atoms with Gasteiger partial charge in [-0.1, -0.05) is 18.2 Å². The molecular weight excluding hydrogens is 320 g/mol. The molecule has 3 rings (SSSR count). The Hall–Kier alpha value is -2.89. The van der Waals surface area contributed by atoms with Gasteiger partial charge in [0.2, 0.25) is 0 Å². The summed E-state index contributed by atoms with van der Waals surface area (Å²) >= 11 is 0. The van der Waals surface area contributed by atoms with Crippen molar-refractivity contribution in [2.24, 2.45) is 0 Å². The number of carbonyl (C=O) groups excluding carboxylic acids is 2. The highest BCUT2D eigenvalue weighted by Crippen LogP contribution is 2.28. The minimum Gasteiger partial charge on any atom is -0.461 e. The minimum absolute atomic E-state index is 0.192. The van der Waals surface area contributed by atoms with Crippen LogP contribution in [0.15, 0.2) is 36.5 Å². The molecule has 0 bridgehead atoms. The van der Waals surface area contributed by atoms with Crippen molar-refractivity contribution in [3.63, 3.8) is 0 Å². The summed E-state index contributed by atoms with van der Waals surface area (Å²) in [5.41, 5.74) is 0.767. The van der Waals surface area contributed by atoms with Gasteiger partial charge in [0, 0.05) is 17.0 Å². The van der Waals surface area contributed by atoms with Crippen molar-refractivity contribution in [2.45, 2.75) is 33.3 Å². The van der Waals surface area contributed by atoms with Crippen LogP contribution in [0.25, 0.3) is 21.8 Å². The number of nitrogens with zero attached hydrogens (tertiary/aromatic N) is 2. The Morgan fingerprint density at radius 2 is 1.84 bits per heavy atom. The van der Waals surface area contributed by atoms with E-state index in [9.17, 15) is 9.59 Å². The lowest BCUT2D eigenvalue weighted by Gasteiger charge is -2.20. The van der Waals surface area contributed by atoms with E-state index in [0.29, 0.717) is 16.4 Å². The van der Waals surface area contributed by atoms with E-state index >= 15 is 0 Å². The molecule has 3 aromatic rings. The number of benzene rings is 1. The van der Waals surface area contributed by atoms with Gasteiger partial charge in [-0.15, -0.1) is 0 Å². The number of aromatic nitrogens is 2. The van der Waals surface area contributed by atoms with Gasteiger partial charge in [0.25, 0.3) is 0 Å². The second kappa shape index (κ2) is 6.20. The highest BCUT2D eigenvalue weighted by molar-refractivity contribution is 6.14. The van der Waals surface area contributed by atoms with E-state index in [1.165, 1.54) is 4.57 Å². The number of hydrogen-bond acceptors (Lipinski definition) is 5. The van der Waals surface area contributed by atoms with E-state index in [-0.39, 0.29) is 12.3 Å². The monoisotopic (exact) mass is 340 g/mol. The maximum Gasteiger partial charge on any atom is 0.419 e. The molecule has 0 saturated carbocycles. The van der Waals surface area contributed by atoms with Crippen molar-refractivity contribution in [2.75, 3.05) is 6.61 Å². The van der Waals surface area contributed by atoms with Crippen LogP contribution in [-0.4, -0.2) is 33.8 Å². The topological polar surface area (TPSA) is 70.4 Å². The lowest BCUT2D eigenvalue weighted by atomic mass is 10.1. The molecule has 0 aliphatic rings. The third kappa shape index (κ3) is 3.20. The van der Waals surface area contributed by atoms with E-state index in [4.69, 9.17) is 9.47 Å². The summed E-state index contributed by atoms with van der Waals surface area (Å²) in [7, 11) is 0. The maximum atomic E-state index is 12.6. The van der Waals surface area contributed by atoms with Gasteiger partial charge in [0.05, 0.1) is 17.6 Å². The summed E-state index contributed by atoms with van der Waals surface area (Å²) in [6.45, 7) is 7.41. The third-order valence-corrected chi connectivity index (χ3v) is 3.59. The van der Waals surface area contributed by atoms with Crippen LogP contribution >= 0.6 is 0 Å². The lowest BCUT2D eigenvalue weighted by molar-refractivity contribution is 0.0516. The number of hydrogen-bond donors (Lipinski definition) is 0. The van der Waals surface area contributed by atoms with Crippen LogP contribution in [0.5, 0.6) is 0 Å². The molecule has 25 heavy (non-hydrogen) atoms. The normalized spacial score (nSPS) is 11.7. The standard InChI is InChI=1S/C19H20N2O4/c1-5-24-17(22)15-13-10-11-21(18(23)25-19(2,3)4)16(13)12-8-6-7-9-14(12)20-15/h6-11H,5H2,1-4H3. The third-order valence-electron chi connectivity index (χ3n) is 3.59. The predicted molar refractivity (Wildman–Crippen MR) is 94.8 cm³/mol. The van der Waals surface area contributed by atoms with E-state index in [2.05, 4.69) is 4.98 Å². The molecule has 0 aliphatic heterocycles. The first-order valence-electron chi connectivity index (χ1n) is 8.12. The predicted octanol–water partition coefficient (Wildman–Crippen LogP) is 4.15. The van der Waals surface area contributed by atoms with Crippen molar-refractivity contribution < 1.29 is 19.1 Å². The summed E-state index contributed by atoms with van der Waals surface area (Å²) < 4.78 is 12.0. The fourth-order valence-electron chi connectivity index (χ4n) is 2.67. The van der Waals surface area contributed by atoms with Gasteiger partial charge in [-0.2, -0.15) is 0 Å². The first-order chi connectivity index (χ1) is 11.8. The molecule has 0 unspecified atom stereocenters. The first kappa shape index (κ1) is 17.0. The van der Waals surface area contributed by atoms with Crippen molar-refractivity contribution >= 4 is 33.9 Å². The van der Waals surface area contributed by atoms with E-state index in [1.54, 1.807) is 46.0 Å². The van der Waals surface area contributed by atoms with Crippen molar-refractivity contribution in [3.05, 3.63) is 42.2 Å². The largest absolute Gasteiger partial charge is 0.461 e. The van der Waals surface area contributed by atoms with Gasteiger partial charge in [-0.05, 0) is 39.8 Å². The summed E-state index contributed by atoms with van der Waals surface area (Å²) in [4.78, 5) is 29.3. The van der Waals surface area contributed by atoms with Crippen LogP contribution < -0.4 is 0 Å². The van der Waals surface area contributed by atoms with Crippen molar-refractivity contribution in [1.29, 1.82) is 0 Å². The highest BCUT2D eigenvalue weighted by Gasteiger charge is 2.23. The van der Waals surface area contributed by atoms with Crippen LogP contribution in [0.3, 0.4) is 0 Å². The fraction of sp³-hybridized carbons (Fsp3) is 0.316. The van der Waals surface area contributed by atoms with Gasteiger partial charge in [-0.3, -0.25) is 4.57 Å². The second-order valence-corrected chi connectivity index (χ2v) is 6.63. The van der Waals surface area contributed by atoms with Crippen LogP contribution in [0, 0.1) is 0 Å². The number of fused-ring (bicyclic) bond motifs is 3. The molecule has 6 heteroatoms. The van der Waals surface area contributed by atoms with E-state index in [1.807, 2.05) is 18.2 Å². The highest BCUT2D eigenvalue weighted by atomic mass is 16.6. The quantitative estimate of drug-likeness (QED) is 0.655. The number of carbonyl (C=O) groups is 2. The zero-order valence-electron chi connectivity index (χ0n) is 14.7. The molecular formula is C19H20N2O4. The maximum absolute atomic E-state index is 12.6. The van der Waals surface area contributed by atoms with E-state index in [0.717, 1.165) is 5.39 Å². The Kier molecular flexibility index (Phi) is 4.20. The van der Waals surface area contributed by atoms with Gasteiger partial charge in [0.1, 0.15) is 5.60 Å². The first-order valence-corrected chi connectivity index (χ1v) is 8.12. The number of pyridine rings is 1. The smallest absolute Gasteiger partial charge is 0.419 e. The Morgan fingerprint density at radius 1 is 1.12 bits per heavy atom. The number of ether oxygens (including phenoxy) is 2.